The zero-order valence-corrected chi connectivity index (χ0v) is 16.4. The molecule has 0 aliphatic heterocycles. The van der Waals surface area contributed by atoms with Gasteiger partial charge >= 0.3 is 0 Å². The second kappa shape index (κ2) is 9.62. The molecule has 0 fully saturated rings. The van der Waals surface area contributed by atoms with Gasteiger partial charge in [0.1, 0.15) is 5.75 Å². The Balaban J connectivity index is 1.97. The van der Waals surface area contributed by atoms with Crippen molar-refractivity contribution in [1.82, 2.24) is 4.90 Å². The van der Waals surface area contributed by atoms with Gasteiger partial charge in [-0.3, -0.25) is 9.59 Å². The first-order valence-corrected chi connectivity index (χ1v) is 9.02. The maximum absolute atomic E-state index is 12.6. The fourth-order valence-corrected chi connectivity index (χ4v) is 2.81. The number of hydrogen-bond donors (Lipinski definition) is 1. The Morgan fingerprint density at radius 1 is 1.04 bits per heavy atom. The third kappa shape index (κ3) is 5.48. The summed E-state index contributed by atoms with van der Waals surface area (Å²) in [6.07, 6.45) is 0. The van der Waals surface area contributed by atoms with Crippen LogP contribution in [0.4, 0.5) is 11.4 Å². The Morgan fingerprint density at radius 2 is 1.70 bits per heavy atom. The molecular weight excluding hydrogens is 342 g/mol. The van der Waals surface area contributed by atoms with Crippen LogP contribution in [0.2, 0.25) is 0 Å². The Bertz CT molecular complexity index is 770. The van der Waals surface area contributed by atoms with E-state index in [1.54, 1.807) is 50.6 Å². The lowest BCUT2D eigenvalue weighted by Gasteiger charge is -2.22. The van der Waals surface area contributed by atoms with Gasteiger partial charge in [0.05, 0.1) is 13.7 Å². The molecule has 6 heteroatoms. The zero-order valence-electron chi connectivity index (χ0n) is 16.4. The third-order valence-electron chi connectivity index (χ3n) is 4.32. The highest BCUT2D eigenvalue weighted by molar-refractivity contribution is 5.99. The fraction of sp³-hybridized carbons (Fsp3) is 0.333. The lowest BCUT2D eigenvalue weighted by atomic mass is 10.1. The molecule has 27 heavy (non-hydrogen) atoms. The lowest BCUT2D eigenvalue weighted by Crippen LogP contribution is -2.35. The van der Waals surface area contributed by atoms with Gasteiger partial charge in [-0.1, -0.05) is 6.07 Å². The number of likely N-dealkylation sites (N-methyl/N-ethyl adjacent to an activating group) is 1. The van der Waals surface area contributed by atoms with Crippen molar-refractivity contribution in [2.24, 2.45) is 0 Å². The average molecular weight is 369 g/mol. The van der Waals surface area contributed by atoms with Gasteiger partial charge in [-0.25, -0.2) is 0 Å². The maximum atomic E-state index is 12.6. The summed E-state index contributed by atoms with van der Waals surface area (Å²) in [6, 6.07) is 14.6. The largest absolute Gasteiger partial charge is 0.497 e. The normalized spacial score (nSPS) is 10.2. The summed E-state index contributed by atoms with van der Waals surface area (Å²) in [6.45, 7) is 5.98. The minimum Gasteiger partial charge on any atom is -0.497 e. The molecule has 0 aliphatic rings. The molecule has 0 saturated heterocycles. The molecule has 0 unspecified atom stereocenters. The number of rotatable bonds is 8. The molecule has 0 saturated carbocycles. The van der Waals surface area contributed by atoms with Crippen molar-refractivity contribution in [2.45, 2.75) is 13.8 Å². The van der Waals surface area contributed by atoms with Crippen molar-refractivity contribution in [3.05, 3.63) is 54.1 Å². The maximum Gasteiger partial charge on any atom is 0.254 e. The standard InChI is InChI=1S/C21H27N3O3/c1-5-24(6-2)18-12-10-16(11-13-18)21(26)23(3)15-20(25)22-17-8-7-9-19(14-17)27-4/h7-14H,5-6,15H2,1-4H3,(H,22,25). The Kier molecular flexibility index (Phi) is 7.23. The minimum absolute atomic E-state index is 0.0339. The minimum atomic E-state index is -0.265. The van der Waals surface area contributed by atoms with Crippen LogP contribution in [-0.2, 0) is 4.79 Å². The molecule has 0 bridgehead atoms. The van der Waals surface area contributed by atoms with Crippen LogP contribution in [0.15, 0.2) is 48.5 Å². The number of carbonyl (C=O) groups is 2. The molecule has 2 amide bonds. The van der Waals surface area contributed by atoms with E-state index in [-0.39, 0.29) is 18.4 Å². The summed E-state index contributed by atoms with van der Waals surface area (Å²) in [4.78, 5) is 28.4. The highest BCUT2D eigenvalue weighted by Crippen LogP contribution is 2.17. The van der Waals surface area contributed by atoms with Gasteiger partial charge in [0.15, 0.2) is 0 Å². The molecule has 144 valence electrons. The number of benzene rings is 2. The van der Waals surface area contributed by atoms with Crippen LogP contribution in [0.5, 0.6) is 5.75 Å². The molecule has 2 aromatic rings. The van der Waals surface area contributed by atoms with Crippen molar-refractivity contribution in [3.8, 4) is 5.75 Å². The molecule has 0 radical (unpaired) electrons. The van der Waals surface area contributed by atoms with E-state index < -0.39 is 0 Å². The second-order valence-electron chi connectivity index (χ2n) is 6.16. The first kappa shape index (κ1) is 20.3. The monoisotopic (exact) mass is 369 g/mol. The Labute approximate surface area is 160 Å². The van der Waals surface area contributed by atoms with E-state index in [0.717, 1.165) is 18.8 Å². The quantitative estimate of drug-likeness (QED) is 0.776. The highest BCUT2D eigenvalue weighted by atomic mass is 16.5. The van der Waals surface area contributed by atoms with Crippen LogP contribution in [0.1, 0.15) is 24.2 Å². The Hall–Kier alpha value is -3.02. The van der Waals surface area contributed by atoms with Gasteiger partial charge < -0.3 is 19.9 Å². The summed E-state index contributed by atoms with van der Waals surface area (Å²) >= 11 is 0. The summed E-state index contributed by atoms with van der Waals surface area (Å²) in [5.74, 6) is 0.200. The smallest absolute Gasteiger partial charge is 0.254 e. The first-order chi connectivity index (χ1) is 13.0. The van der Waals surface area contributed by atoms with Crippen molar-refractivity contribution in [2.75, 3.05) is 44.0 Å². The summed E-state index contributed by atoms with van der Waals surface area (Å²) in [5.41, 5.74) is 2.27. The number of nitrogens with one attached hydrogen (secondary N) is 1. The summed E-state index contributed by atoms with van der Waals surface area (Å²) < 4.78 is 5.14. The molecule has 1 N–H and O–H groups in total. The molecule has 0 heterocycles. The number of amides is 2. The topological polar surface area (TPSA) is 61.9 Å². The highest BCUT2D eigenvalue weighted by Gasteiger charge is 2.15. The number of anilines is 2. The van der Waals surface area contributed by atoms with Gasteiger partial charge in [0.2, 0.25) is 5.91 Å². The number of nitrogens with zero attached hydrogens (tertiary/aromatic N) is 2. The van der Waals surface area contributed by atoms with E-state index in [1.165, 1.54) is 4.90 Å². The van der Waals surface area contributed by atoms with E-state index in [0.29, 0.717) is 17.0 Å². The van der Waals surface area contributed by atoms with Crippen LogP contribution in [0.25, 0.3) is 0 Å². The molecule has 6 nitrogen and oxygen atoms in total. The van der Waals surface area contributed by atoms with Gasteiger partial charge in [-0.2, -0.15) is 0 Å². The van der Waals surface area contributed by atoms with E-state index in [9.17, 15) is 9.59 Å². The summed E-state index contributed by atoms with van der Waals surface area (Å²) in [5, 5.41) is 2.77. The van der Waals surface area contributed by atoms with Gasteiger partial charge in [0.25, 0.3) is 5.91 Å². The number of ether oxygens (including phenoxy) is 1. The van der Waals surface area contributed by atoms with Crippen molar-refractivity contribution >= 4 is 23.2 Å². The predicted octanol–water partition coefficient (Wildman–Crippen LogP) is 3.25. The van der Waals surface area contributed by atoms with E-state index in [4.69, 9.17) is 4.74 Å². The fourth-order valence-electron chi connectivity index (χ4n) is 2.81. The average Bonchev–Trinajstić information content (AvgIpc) is 2.69. The second-order valence-corrected chi connectivity index (χ2v) is 6.16. The van der Waals surface area contributed by atoms with Crippen molar-refractivity contribution in [3.63, 3.8) is 0 Å². The van der Waals surface area contributed by atoms with Gasteiger partial charge in [0, 0.05) is 43.1 Å². The van der Waals surface area contributed by atoms with Crippen molar-refractivity contribution in [1.29, 1.82) is 0 Å². The van der Waals surface area contributed by atoms with Gasteiger partial charge in [-0.05, 0) is 50.2 Å². The zero-order chi connectivity index (χ0) is 19.8. The lowest BCUT2D eigenvalue weighted by molar-refractivity contribution is -0.116. The van der Waals surface area contributed by atoms with Crippen LogP contribution < -0.4 is 15.0 Å². The van der Waals surface area contributed by atoms with Crippen LogP contribution in [0.3, 0.4) is 0 Å². The number of methoxy groups -OCH3 is 1. The number of hydrogen-bond acceptors (Lipinski definition) is 4. The first-order valence-electron chi connectivity index (χ1n) is 9.02. The molecule has 0 spiro atoms. The van der Waals surface area contributed by atoms with Crippen LogP contribution >= 0.6 is 0 Å². The molecule has 0 aliphatic carbocycles. The third-order valence-corrected chi connectivity index (χ3v) is 4.32. The van der Waals surface area contributed by atoms with E-state index in [2.05, 4.69) is 24.1 Å². The van der Waals surface area contributed by atoms with E-state index >= 15 is 0 Å². The number of carbonyl (C=O) groups excluding carboxylic acids is 2. The molecule has 2 rings (SSSR count). The van der Waals surface area contributed by atoms with Crippen LogP contribution in [-0.4, -0.2) is 50.5 Å². The van der Waals surface area contributed by atoms with Gasteiger partial charge in [-0.15, -0.1) is 0 Å². The molecular formula is C21H27N3O3. The SMILES string of the molecule is CCN(CC)c1ccc(C(=O)N(C)CC(=O)Nc2cccc(OC)c2)cc1. The van der Waals surface area contributed by atoms with E-state index in [1.807, 2.05) is 12.1 Å². The molecule has 0 aromatic heterocycles. The predicted molar refractivity (Wildman–Crippen MR) is 109 cm³/mol. The molecule has 0 atom stereocenters. The Morgan fingerprint density at radius 3 is 2.30 bits per heavy atom. The summed E-state index contributed by atoms with van der Waals surface area (Å²) in [7, 11) is 3.19. The van der Waals surface area contributed by atoms with Crippen LogP contribution in [0, 0.1) is 0 Å². The molecule has 2 aromatic carbocycles. The van der Waals surface area contributed by atoms with Crippen molar-refractivity contribution < 1.29 is 14.3 Å².